The van der Waals surface area contributed by atoms with Crippen LogP contribution in [0.2, 0.25) is 0 Å². The predicted octanol–water partition coefficient (Wildman–Crippen LogP) is 2.32. The Morgan fingerprint density at radius 2 is 2.05 bits per heavy atom. The van der Waals surface area contributed by atoms with Crippen molar-refractivity contribution >= 4 is 17.6 Å². The van der Waals surface area contributed by atoms with Crippen LogP contribution in [-0.2, 0) is 9.53 Å². The Labute approximate surface area is 129 Å². The number of methoxy groups -OCH3 is 1. The molecule has 120 valence electrons. The Hall–Kier alpha value is -2.08. The van der Waals surface area contributed by atoms with Crippen LogP contribution in [0.15, 0.2) is 18.2 Å². The molecule has 1 amide bonds. The van der Waals surface area contributed by atoms with Gasteiger partial charge in [-0.2, -0.15) is 0 Å². The molecule has 0 aliphatic carbocycles. The minimum absolute atomic E-state index is 0.0218. The van der Waals surface area contributed by atoms with Crippen molar-refractivity contribution < 1.29 is 24.2 Å². The zero-order valence-electron chi connectivity index (χ0n) is 12.7. The van der Waals surface area contributed by atoms with Gasteiger partial charge in [0.15, 0.2) is 0 Å². The molecule has 0 unspecified atom stereocenters. The molecular formula is C16H21NO5. The van der Waals surface area contributed by atoms with E-state index >= 15 is 0 Å². The van der Waals surface area contributed by atoms with E-state index in [1.807, 2.05) is 0 Å². The smallest absolute Gasteiger partial charge is 0.335 e. The number of anilines is 1. The number of amides is 1. The number of carboxylic acid groups (broad SMARTS) is 1. The predicted molar refractivity (Wildman–Crippen MR) is 81.6 cm³/mol. The highest BCUT2D eigenvalue weighted by Crippen LogP contribution is 2.28. The van der Waals surface area contributed by atoms with Crippen LogP contribution in [0.4, 0.5) is 5.69 Å². The van der Waals surface area contributed by atoms with Crippen LogP contribution >= 0.6 is 0 Å². The molecular weight excluding hydrogens is 286 g/mol. The van der Waals surface area contributed by atoms with E-state index in [0.29, 0.717) is 37.6 Å². The molecule has 22 heavy (non-hydrogen) atoms. The molecule has 0 saturated carbocycles. The number of hydrogen-bond acceptors (Lipinski definition) is 4. The minimum Gasteiger partial charge on any atom is -0.493 e. The zero-order valence-corrected chi connectivity index (χ0v) is 12.7. The van der Waals surface area contributed by atoms with Gasteiger partial charge in [0, 0.05) is 38.4 Å². The second kappa shape index (κ2) is 7.79. The van der Waals surface area contributed by atoms with E-state index in [0.717, 1.165) is 19.3 Å². The SMILES string of the molecule is COCCCCOc1cc(C(=O)O)cc(N2CCCC2=O)c1. The number of rotatable bonds is 8. The lowest BCUT2D eigenvalue weighted by molar-refractivity contribution is -0.117. The molecule has 6 heteroatoms. The van der Waals surface area contributed by atoms with Crippen LogP contribution in [0, 0.1) is 0 Å². The number of ether oxygens (including phenoxy) is 2. The molecule has 2 rings (SSSR count). The van der Waals surface area contributed by atoms with Crippen molar-refractivity contribution in [3.05, 3.63) is 23.8 Å². The minimum atomic E-state index is -1.03. The number of benzene rings is 1. The Balaban J connectivity index is 2.09. The third-order valence-electron chi connectivity index (χ3n) is 3.53. The van der Waals surface area contributed by atoms with Gasteiger partial charge < -0.3 is 19.5 Å². The van der Waals surface area contributed by atoms with Gasteiger partial charge >= 0.3 is 5.97 Å². The highest BCUT2D eigenvalue weighted by atomic mass is 16.5. The maximum Gasteiger partial charge on any atom is 0.335 e. The largest absolute Gasteiger partial charge is 0.493 e. The molecule has 1 aromatic carbocycles. The van der Waals surface area contributed by atoms with Crippen molar-refractivity contribution in [2.75, 3.05) is 31.8 Å². The highest BCUT2D eigenvalue weighted by molar-refractivity contribution is 5.97. The maximum absolute atomic E-state index is 11.8. The number of unbranched alkanes of at least 4 members (excludes halogenated alkanes) is 1. The van der Waals surface area contributed by atoms with Crippen molar-refractivity contribution in [2.45, 2.75) is 25.7 Å². The number of nitrogens with zero attached hydrogens (tertiary/aromatic N) is 1. The molecule has 1 saturated heterocycles. The van der Waals surface area contributed by atoms with Crippen LogP contribution in [0.25, 0.3) is 0 Å². The molecule has 0 bridgehead atoms. The molecule has 1 fully saturated rings. The van der Waals surface area contributed by atoms with Crippen LogP contribution in [0.1, 0.15) is 36.0 Å². The standard InChI is InChI=1S/C16H21NO5/c1-21-7-2-3-8-22-14-10-12(16(19)20)9-13(11-14)17-6-4-5-15(17)18/h9-11H,2-8H2,1H3,(H,19,20). The van der Waals surface area contributed by atoms with Crippen molar-refractivity contribution in [1.82, 2.24) is 0 Å². The van der Waals surface area contributed by atoms with Gasteiger partial charge in [0.2, 0.25) is 5.91 Å². The fraction of sp³-hybridized carbons (Fsp3) is 0.500. The van der Waals surface area contributed by atoms with Gasteiger partial charge in [-0.3, -0.25) is 4.79 Å². The van der Waals surface area contributed by atoms with Crippen LogP contribution in [0.5, 0.6) is 5.75 Å². The summed E-state index contributed by atoms with van der Waals surface area (Å²) in [5, 5.41) is 9.21. The molecule has 1 heterocycles. The average Bonchev–Trinajstić information content (AvgIpc) is 2.93. The van der Waals surface area contributed by atoms with E-state index in [4.69, 9.17) is 9.47 Å². The summed E-state index contributed by atoms with van der Waals surface area (Å²) in [7, 11) is 1.65. The summed E-state index contributed by atoms with van der Waals surface area (Å²) in [5.74, 6) is -0.529. The molecule has 1 aliphatic rings. The Morgan fingerprint density at radius 1 is 1.27 bits per heavy atom. The third-order valence-corrected chi connectivity index (χ3v) is 3.53. The first-order valence-corrected chi connectivity index (χ1v) is 7.42. The topological polar surface area (TPSA) is 76.1 Å². The lowest BCUT2D eigenvalue weighted by atomic mass is 10.1. The lowest BCUT2D eigenvalue weighted by Crippen LogP contribution is -2.24. The number of carbonyl (C=O) groups excluding carboxylic acids is 1. The van der Waals surface area contributed by atoms with Gasteiger partial charge in [-0.05, 0) is 31.4 Å². The lowest BCUT2D eigenvalue weighted by Gasteiger charge is -2.18. The van der Waals surface area contributed by atoms with Gasteiger partial charge in [-0.15, -0.1) is 0 Å². The van der Waals surface area contributed by atoms with Gasteiger partial charge in [0.05, 0.1) is 12.2 Å². The second-order valence-electron chi connectivity index (χ2n) is 5.22. The van der Waals surface area contributed by atoms with Crippen molar-refractivity contribution in [3.63, 3.8) is 0 Å². The zero-order chi connectivity index (χ0) is 15.9. The fourth-order valence-corrected chi connectivity index (χ4v) is 2.41. The summed E-state index contributed by atoms with van der Waals surface area (Å²) in [6.45, 7) is 1.78. The van der Waals surface area contributed by atoms with E-state index in [1.165, 1.54) is 12.1 Å². The maximum atomic E-state index is 11.8. The van der Waals surface area contributed by atoms with Gasteiger partial charge in [-0.1, -0.05) is 0 Å². The summed E-state index contributed by atoms with van der Waals surface area (Å²) < 4.78 is 10.6. The molecule has 0 aromatic heterocycles. The first-order valence-electron chi connectivity index (χ1n) is 7.42. The first kappa shape index (κ1) is 16.3. The van der Waals surface area contributed by atoms with E-state index in [9.17, 15) is 14.7 Å². The third kappa shape index (κ3) is 4.21. The Bertz CT molecular complexity index is 543. The quantitative estimate of drug-likeness (QED) is 0.746. The number of hydrogen-bond donors (Lipinski definition) is 1. The molecule has 1 aromatic rings. The monoisotopic (exact) mass is 307 g/mol. The molecule has 1 N–H and O–H groups in total. The highest BCUT2D eigenvalue weighted by Gasteiger charge is 2.23. The number of carbonyl (C=O) groups is 2. The average molecular weight is 307 g/mol. The summed E-state index contributed by atoms with van der Waals surface area (Å²) >= 11 is 0. The molecule has 6 nitrogen and oxygen atoms in total. The summed E-state index contributed by atoms with van der Waals surface area (Å²) in [6, 6.07) is 4.73. The van der Waals surface area contributed by atoms with Gasteiger partial charge in [0.1, 0.15) is 5.75 Å². The van der Waals surface area contributed by atoms with E-state index in [1.54, 1.807) is 18.1 Å². The number of aromatic carboxylic acids is 1. The van der Waals surface area contributed by atoms with Crippen molar-refractivity contribution in [1.29, 1.82) is 0 Å². The fourth-order valence-electron chi connectivity index (χ4n) is 2.41. The Morgan fingerprint density at radius 3 is 2.68 bits per heavy atom. The molecule has 0 radical (unpaired) electrons. The summed E-state index contributed by atoms with van der Waals surface area (Å²) in [5.41, 5.74) is 0.721. The van der Waals surface area contributed by atoms with Gasteiger partial charge in [-0.25, -0.2) is 4.79 Å². The molecule has 1 aliphatic heterocycles. The van der Waals surface area contributed by atoms with Crippen LogP contribution < -0.4 is 9.64 Å². The van der Waals surface area contributed by atoms with E-state index in [2.05, 4.69) is 0 Å². The summed E-state index contributed by atoms with van der Waals surface area (Å²) in [4.78, 5) is 24.7. The first-order chi connectivity index (χ1) is 10.6. The second-order valence-corrected chi connectivity index (χ2v) is 5.22. The van der Waals surface area contributed by atoms with E-state index < -0.39 is 5.97 Å². The van der Waals surface area contributed by atoms with Gasteiger partial charge in [0.25, 0.3) is 0 Å². The van der Waals surface area contributed by atoms with Crippen molar-refractivity contribution in [3.8, 4) is 5.75 Å². The van der Waals surface area contributed by atoms with Crippen LogP contribution in [0.3, 0.4) is 0 Å². The molecule has 0 atom stereocenters. The number of carboxylic acids is 1. The summed E-state index contributed by atoms with van der Waals surface area (Å²) in [6.07, 6.45) is 3.00. The van der Waals surface area contributed by atoms with E-state index in [-0.39, 0.29) is 11.5 Å². The molecule has 0 spiro atoms. The van der Waals surface area contributed by atoms with Crippen molar-refractivity contribution in [2.24, 2.45) is 0 Å². The van der Waals surface area contributed by atoms with Crippen LogP contribution in [-0.4, -0.2) is 43.9 Å². The normalized spacial score (nSPS) is 14.4. The Kier molecular flexibility index (Phi) is 5.77.